The highest BCUT2D eigenvalue weighted by molar-refractivity contribution is 6.30. The van der Waals surface area contributed by atoms with E-state index in [1.54, 1.807) is 24.3 Å². The van der Waals surface area contributed by atoms with Crippen LogP contribution in [0.3, 0.4) is 0 Å². The molecule has 1 saturated heterocycles. The second-order valence-corrected chi connectivity index (χ2v) is 6.12. The van der Waals surface area contributed by atoms with Crippen molar-refractivity contribution in [2.45, 2.75) is 6.10 Å². The van der Waals surface area contributed by atoms with Crippen LogP contribution >= 0.6 is 11.6 Å². The number of halogens is 1. The summed E-state index contributed by atoms with van der Waals surface area (Å²) < 4.78 is 10.9. The van der Waals surface area contributed by atoms with Crippen LogP contribution in [0.15, 0.2) is 28.8 Å². The molecule has 1 aliphatic heterocycles. The van der Waals surface area contributed by atoms with E-state index in [1.165, 1.54) is 0 Å². The van der Waals surface area contributed by atoms with Crippen molar-refractivity contribution >= 4 is 23.4 Å². The van der Waals surface area contributed by atoms with Gasteiger partial charge in [0.15, 0.2) is 17.1 Å². The van der Waals surface area contributed by atoms with Crippen molar-refractivity contribution < 1.29 is 19.2 Å². The number of hydrogen-bond donors (Lipinski definition) is 2. The zero-order valence-corrected chi connectivity index (χ0v) is 13.9. The monoisotopic (exact) mass is 351 g/mol. The molecule has 128 valence electrons. The third kappa shape index (κ3) is 3.69. The number of morpholine rings is 1. The number of hydrogen-bond acceptors (Lipinski definition) is 6. The highest BCUT2D eigenvalue weighted by atomic mass is 35.5. The Hall–Kier alpha value is -2.09. The van der Waals surface area contributed by atoms with E-state index in [1.807, 2.05) is 7.05 Å². The van der Waals surface area contributed by atoms with Crippen LogP contribution in [0.25, 0.3) is 11.3 Å². The maximum absolute atomic E-state index is 11.6. The molecule has 0 saturated carbocycles. The Morgan fingerprint density at radius 1 is 1.46 bits per heavy atom. The normalized spacial score (nSPS) is 18.5. The number of nitrogens with zero attached hydrogens (tertiary/aromatic N) is 2. The first kappa shape index (κ1) is 16.8. The van der Waals surface area contributed by atoms with Crippen molar-refractivity contribution in [2.24, 2.45) is 0 Å². The largest absolute Gasteiger partial charge is 0.477 e. The minimum Gasteiger partial charge on any atom is -0.477 e. The maximum Gasteiger partial charge on any atom is 0.343 e. The van der Waals surface area contributed by atoms with E-state index in [0.29, 0.717) is 23.7 Å². The highest BCUT2D eigenvalue weighted by Crippen LogP contribution is 2.30. The molecule has 2 N–H and O–H groups in total. The van der Waals surface area contributed by atoms with Gasteiger partial charge >= 0.3 is 5.97 Å². The van der Waals surface area contributed by atoms with Crippen molar-refractivity contribution in [3.8, 4) is 11.3 Å². The number of ether oxygens (including phenoxy) is 1. The number of carbonyl (C=O) groups is 1. The number of likely N-dealkylation sites (N-methyl/N-ethyl adjacent to an activating group) is 1. The number of rotatable bonds is 5. The second kappa shape index (κ2) is 7.21. The summed E-state index contributed by atoms with van der Waals surface area (Å²) >= 11 is 5.86. The van der Waals surface area contributed by atoms with Gasteiger partial charge in [-0.15, -0.1) is 0 Å². The predicted octanol–water partition coefficient (Wildman–Crippen LogP) is 2.44. The Labute approximate surface area is 144 Å². The third-order valence-electron chi connectivity index (χ3n) is 3.85. The van der Waals surface area contributed by atoms with Crippen LogP contribution in [-0.2, 0) is 4.74 Å². The molecule has 1 aromatic heterocycles. The van der Waals surface area contributed by atoms with Gasteiger partial charge in [-0.3, -0.25) is 0 Å². The molecule has 1 aromatic carbocycles. The lowest BCUT2D eigenvalue weighted by atomic mass is 10.1. The van der Waals surface area contributed by atoms with E-state index in [9.17, 15) is 9.90 Å². The van der Waals surface area contributed by atoms with Gasteiger partial charge in [-0.05, 0) is 31.3 Å². The lowest BCUT2D eigenvalue weighted by molar-refractivity contribution is -0.0117. The fourth-order valence-electron chi connectivity index (χ4n) is 2.61. The van der Waals surface area contributed by atoms with E-state index in [2.05, 4.69) is 15.4 Å². The molecular weight excluding hydrogens is 334 g/mol. The van der Waals surface area contributed by atoms with Gasteiger partial charge < -0.3 is 24.6 Å². The molecule has 2 heterocycles. The fraction of sp³-hybridized carbons (Fsp3) is 0.375. The van der Waals surface area contributed by atoms with Crippen LogP contribution in [0, 0.1) is 0 Å². The number of benzene rings is 1. The van der Waals surface area contributed by atoms with Crippen LogP contribution < -0.4 is 5.32 Å². The summed E-state index contributed by atoms with van der Waals surface area (Å²) in [5.74, 6) is -0.710. The maximum atomic E-state index is 11.6. The molecule has 3 rings (SSSR count). The molecule has 0 amide bonds. The van der Waals surface area contributed by atoms with E-state index in [0.717, 1.165) is 13.1 Å². The molecule has 1 fully saturated rings. The summed E-state index contributed by atoms with van der Waals surface area (Å²) in [6, 6.07) is 6.73. The van der Waals surface area contributed by atoms with Crippen LogP contribution in [0.1, 0.15) is 10.4 Å². The lowest BCUT2D eigenvalue weighted by Crippen LogP contribution is -2.43. The van der Waals surface area contributed by atoms with Crippen molar-refractivity contribution in [3.63, 3.8) is 0 Å². The van der Waals surface area contributed by atoms with Crippen molar-refractivity contribution in [1.29, 1.82) is 0 Å². The summed E-state index contributed by atoms with van der Waals surface area (Å²) in [7, 11) is 2.02. The van der Waals surface area contributed by atoms with Crippen molar-refractivity contribution in [1.82, 2.24) is 10.1 Å². The Morgan fingerprint density at radius 2 is 2.21 bits per heavy atom. The van der Waals surface area contributed by atoms with Crippen LogP contribution in [-0.4, -0.2) is 60.5 Å². The van der Waals surface area contributed by atoms with Gasteiger partial charge in [0.1, 0.15) is 0 Å². The Kier molecular flexibility index (Phi) is 5.03. The fourth-order valence-corrected chi connectivity index (χ4v) is 2.73. The first-order chi connectivity index (χ1) is 11.5. The molecule has 0 radical (unpaired) electrons. The summed E-state index contributed by atoms with van der Waals surface area (Å²) in [6.07, 6.45) is -0.0268. The molecule has 1 unspecified atom stereocenters. The summed E-state index contributed by atoms with van der Waals surface area (Å²) in [4.78, 5) is 13.8. The van der Waals surface area contributed by atoms with Crippen LogP contribution in [0.5, 0.6) is 0 Å². The van der Waals surface area contributed by atoms with Gasteiger partial charge in [0, 0.05) is 30.2 Å². The van der Waals surface area contributed by atoms with Crippen molar-refractivity contribution in [2.75, 3.05) is 38.6 Å². The van der Waals surface area contributed by atoms with Gasteiger partial charge in [-0.25, -0.2) is 4.79 Å². The van der Waals surface area contributed by atoms with Gasteiger partial charge in [0.05, 0.1) is 12.7 Å². The van der Waals surface area contributed by atoms with E-state index in [-0.39, 0.29) is 23.2 Å². The van der Waals surface area contributed by atoms with Crippen LogP contribution in [0.4, 0.5) is 5.82 Å². The zero-order chi connectivity index (χ0) is 17.1. The number of nitrogens with one attached hydrogen (secondary N) is 1. The minimum atomic E-state index is -1.11. The summed E-state index contributed by atoms with van der Waals surface area (Å²) in [6.45, 7) is 2.78. The molecule has 24 heavy (non-hydrogen) atoms. The summed E-state index contributed by atoms with van der Waals surface area (Å²) in [5, 5.41) is 17.0. The van der Waals surface area contributed by atoms with Crippen LogP contribution in [0.2, 0.25) is 5.02 Å². The van der Waals surface area contributed by atoms with E-state index in [4.69, 9.17) is 20.9 Å². The van der Waals surface area contributed by atoms with Gasteiger partial charge in [-0.2, -0.15) is 0 Å². The van der Waals surface area contributed by atoms with Gasteiger partial charge in [0.25, 0.3) is 0 Å². The topological polar surface area (TPSA) is 87.8 Å². The highest BCUT2D eigenvalue weighted by Gasteiger charge is 2.25. The number of aromatic carboxylic acids is 1. The Balaban J connectivity index is 1.78. The first-order valence-electron chi connectivity index (χ1n) is 7.57. The minimum absolute atomic E-state index is 0.00138. The smallest absolute Gasteiger partial charge is 0.343 e. The Morgan fingerprint density at radius 3 is 2.88 bits per heavy atom. The first-order valence-corrected chi connectivity index (χ1v) is 7.95. The van der Waals surface area contributed by atoms with Gasteiger partial charge in [0.2, 0.25) is 0 Å². The lowest BCUT2D eigenvalue weighted by Gasteiger charge is -2.30. The number of carboxylic acid groups (broad SMARTS) is 1. The standard InChI is InChI=1S/C16H18ClN3O4/c1-20-6-7-23-12(9-20)8-18-15-13(16(21)22)14(24-19-15)10-2-4-11(17)5-3-10/h2-5,12H,6-9H2,1H3,(H,18,19)(H,21,22). The second-order valence-electron chi connectivity index (χ2n) is 5.68. The molecule has 1 aliphatic rings. The molecule has 2 aromatic rings. The summed E-state index contributed by atoms with van der Waals surface area (Å²) in [5.41, 5.74) is 0.604. The molecule has 0 spiro atoms. The van der Waals surface area contributed by atoms with Gasteiger partial charge in [-0.1, -0.05) is 16.8 Å². The average molecular weight is 352 g/mol. The Bertz CT molecular complexity index is 717. The SMILES string of the molecule is CN1CCOC(CNc2noc(-c3ccc(Cl)cc3)c2C(=O)O)C1. The number of aromatic nitrogens is 1. The molecule has 7 nitrogen and oxygen atoms in total. The molecule has 8 heteroatoms. The molecule has 0 aliphatic carbocycles. The molecule has 0 bridgehead atoms. The van der Waals surface area contributed by atoms with Crippen molar-refractivity contribution in [3.05, 3.63) is 34.9 Å². The zero-order valence-electron chi connectivity index (χ0n) is 13.2. The number of anilines is 1. The molecule has 1 atom stereocenters. The average Bonchev–Trinajstić information content (AvgIpc) is 2.98. The third-order valence-corrected chi connectivity index (χ3v) is 4.10. The quantitative estimate of drug-likeness (QED) is 0.855. The molecular formula is C16H18ClN3O4. The predicted molar refractivity (Wildman–Crippen MR) is 89.6 cm³/mol. The van der Waals surface area contributed by atoms with E-state index < -0.39 is 5.97 Å². The van der Waals surface area contributed by atoms with E-state index >= 15 is 0 Å². The number of carboxylic acids is 1.